The summed E-state index contributed by atoms with van der Waals surface area (Å²) in [4.78, 5) is 12.0. The number of hydrogen-bond donors (Lipinski definition) is 2. The first-order valence-electron chi connectivity index (χ1n) is 6.45. The smallest absolute Gasteiger partial charge is 0.262 e. The molecule has 2 rings (SSSR count). The number of benzene rings is 2. The van der Waals surface area contributed by atoms with E-state index >= 15 is 0 Å². The molecule has 2 aromatic carbocycles. The number of nitrogens with one attached hydrogen (secondary N) is 1. The Labute approximate surface area is 164 Å². The van der Waals surface area contributed by atoms with Gasteiger partial charge in [0.25, 0.3) is 5.91 Å². The third-order valence-electron chi connectivity index (χ3n) is 2.78. The average Bonchev–Trinajstić information content (AvgIpc) is 2.50. The number of rotatable bonds is 5. The van der Waals surface area contributed by atoms with Gasteiger partial charge in [-0.1, -0.05) is 28.4 Å². The number of carbonyl (C=O) groups is 1. The third-order valence-corrected chi connectivity index (χ3v) is 4.70. The molecule has 0 unspecified atom stereocenters. The molecule has 126 valence electrons. The second-order valence-corrected chi connectivity index (χ2v) is 7.05. The highest BCUT2D eigenvalue weighted by atomic mass is 79.9. The third kappa shape index (κ3) is 5.11. The average molecular weight is 497 g/mol. The Balaban J connectivity index is 2.02. The summed E-state index contributed by atoms with van der Waals surface area (Å²) >= 11 is 18.4. The van der Waals surface area contributed by atoms with Crippen molar-refractivity contribution in [2.75, 3.05) is 11.9 Å². The summed E-state index contributed by atoms with van der Waals surface area (Å²) in [5, 5.41) is 14.9. The molecule has 0 radical (unpaired) electrons. The molecule has 0 aromatic heterocycles. The zero-order valence-corrected chi connectivity index (χ0v) is 16.6. The van der Waals surface area contributed by atoms with Gasteiger partial charge in [-0.2, -0.15) is 0 Å². The molecule has 0 spiro atoms. The predicted octanol–water partition coefficient (Wildman–Crippen LogP) is 5.34. The molecule has 24 heavy (non-hydrogen) atoms. The van der Waals surface area contributed by atoms with E-state index in [0.717, 1.165) is 0 Å². The molecule has 0 heterocycles. The number of nitrogens with zero attached hydrogens (tertiary/aromatic N) is 1. The van der Waals surface area contributed by atoms with Crippen molar-refractivity contribution in [3.8, 4) is 5.75 Å². The lowest BCUT2D eigenvalue weighted by molar-refractivity contribution is -0.118. The van der Waals surface area contributed by atoms with Crippen LogP contribution in [0.1, 0.15) is 5.56 Å². The summed E-state index contributed by atoms with van der Waals surface area (Å²) in [6.45, 7) is -0.203. The first kappa shape index (κ1) is 19.1. The molecule has 2 N–H and O–H groups in total. The zero-order valence-electron chi connectivity index (χ0n) is 11.9. The second kappa shape index (κ2) is 8.71. The first-order valence-corrected chi connectivity index (χ1v) is 8.79. The van der Waals surface area contributed by atoms with E-state index in [1.165, 1.54) is 6.21 Å². The lowest BCUT2D eigenvalue weighted by Crippen LogP contribution is -2.20. The van der Waals surface area contributed by atoms with Crippen LogP contribution in [-0.2, 0) is 4.79 Å². The Morgan fingerprint density at radius 3 is 2.46 bits per heavy atom. The largest absolute Gasteiger partial charge is 0.481 e. The lowest BCUT2D eigenvalue weighted by Gasteiger charge is -2.11. The Morgan fingerprint density at radius 1 is 1.21 bits per heavy atom. The molecule has 9 heteroatoms. The van der Waals surface area contributed by atoms with Crippen molar-refractivity contribution in [3.63, 3.8) is 0 Å². The van der Waals surface area contributed by atoms with Crippen molar-refractivity contribution in [2.45, 2.75) is 0 Å². The molecule has 1 amide bonds. The van der Waals surface area contributed by atoms with E-state index in [-0.39, 0.29) is 12.5 Å². The van der Waals surface area contributed by atoms with E-state index in [1.54, 1.807) is 30.3 Å². The quantitative estimate of drug-likeness (QED) is 0.333. The maximum absolute atomic E-state index is 12.0. The Bertz CT molecular complexity index is 777. The van der Waals surface area contributed by atoms with E-state index in [4.69, 9.17) is 33.1 Å². The van der Waals surface area contributed by atoms with Gasteiger partial charge in [0.05, 0.1) is 25.2 Å². The van der Waals surface area contributed by atoms with Gasteiger partial charge in [0.15, 0.2) is 6.61 Å². The van der Waals surface area contributed by atoms with Gasteiger partial charge < -0.3 is 15.3 Å². The Kier molecular flexibility index (Phi) is 6.91. The van der Waals surface area contributed by atoms with E-state index < -0.39 is 0 Å². The number of hydrogen-bond acceptors (Lipinski definition) is 4. The molecule has 0 aliphatic carbocycles. The molecule has 0 aliphatic rings. The minimum Gasteiger partial charge on any atom is -0.481 e. The molecule has 0 fully saturated rings. The highest BCUT2D eigenvalue weighted by molar-refractivity contribution is 9.11. The summed E-state index contributed by atoms with van der Waals surface area (Å²) < 4.78 is 6.73. The fourth-order valence-electron chi connectivity index (χ4n) is 1.77. The van der Waals surface area contributed by atoms with Crippen LogP contribution >= 0.6 is 55.1 Å². The van der Waals surface area contributed by atoms with Gasteiger partial charge in [-0.05, 0) is 67.8 Å². The van der Waals surface area contributed by atoms with Crippen molar-refractivity contribution in [1.29, 1.82) is 0 Å². The summed E-state index contributed by atoms with van der Waals surface area (Å²) in [6, 6.07) is 8.17. The van der Waals surface area contributed by atoms with Gasteiger partial charge in [0.1, 0.15) is 5.75 Å². The van der Waals surface area contributed by atoms with Crippen LogP contribution in [0.4, 0.5) is 5.69 Å². The van der Waals surface area contributed by atoms with Gasteiger partial charge in [-0.25, -0.2) is 0 Å². The number of amides is 1. The Hall–Kier alpha value is -1.28. The van der Waals surface area contributed by atoms with Crippen molar-refractivity contribution < 1.29 is 14.7 Å². The van der Waals surface area contributed by atoms with Crippen molar-refractivity contribution >= 4 is 72.9 Å². The molecule has 0 atom stereocenters. The van der Waals surface area contributed by atoms with Crippen LogP contribution in [0.15, 0.2) is 44.4 Å². The van der Waals surface area contributed by atoms with Crippen molar-refractivity contribution in [2.24, 2.45) is 5.16 Å². The van der Waals surface area contributed by atoms with Crippen molar-refractivity contribution in [1.82, 2.24) is 0 Å². The van der Waals surface area contributed by atoms with E-state index in [1.807, 2.05) is 0 Å². The van der Waals surface area contributed by atoms with Gasteiger partial charge in [0, 0.05) is 5.69 Å². The lowest BCUT2D eigenvalue weighted by atomic mass is 10.2. The van der Waals surface area contributed by atoms with Gasteiger partial charge >= 0.3 is 0 Å². The monoisotopic (exact) mass is 494 g/mol. The molecule has 5 nitrogen and oxygen atoms in total. The van der Waals surface area contributed by atoms with Crippen molar-refractivity contribution in [3.05, 3.63) is 54.9 Å². The number of ether oxygens (including phenoxy) is 1. The first-order chi connectivity index (χ1) is 11.4. The fraction of sp³-hybridized carbons (Fsp3) is 0.0667. The normalized spacial score (nSPS) is 10.8. The minimum absolute atomic E-state index is 0.203. The minimum atomic E-state index is -0.354. The Morgan fingerprint density at radius 2 is 1.88 bits per heavy atom. The molecule has 2 aromatic rings. The fourth-order valence-corrected chi connectivity index (χ4v) is 3.52. The van der Waals surface area contributed by atoms with Crippen LogP contribution in [0, 0.1) is 0 Å². The SMILES string of the molecule is O=C(COc1c(Br)cc(/C=N/O)cc1Br)Nc1ccc(Cl)c(Cl)c1. The number of carbonyl (C=O) groups excluding carboxylic acids is 1. The number of halogens is 4. The van der Waals surface area contributed by atoms with E-state index in [2.05, 4.69) is 42.3 Å². The standard InChI is InChI=1S/C15H10Br2Cl2N2O3/c16-10-3-8(6-20-23)4-11(17)15(10)24-7-14(22)21-9-1-2-12(18)13(19)5-9/h1-6,23H,7H2,(H,21,22)/b20-6+. The van der Waals surface area contributed by atoms with Crippen LogP contribution in [0.5, 0.6) is 5.75 Å². The summed E-state index contributed by atoms with van der Waals surface area (Å²) in [5.74, 6) is 0.0996. The van der Waals surface area contributed by atoms with Gasteiger partial charge in [-0.15, -0.1) is 0 Å². The molecule has 0 saturated heterocycles. The molecule has 0 aliphatic heterocycles. The number of oxime groups is 1. The highest BCUT2D eigenvalue weighted by Gasteiger charge is 2.11. The predicted molar refractivity (Wildman–Crippen MR) is 102 cm³/mol. The van der Waals surface area contributed by atoms with Crippen LogP contribution in [-0.4, -0.2) is 23.9 Å². The van der Waals surface area contributed by atoms with Crippen LogP contribution in [0.2, 0.25) is 10.0 Å². The van der Waals surface area contributed by atoms with Gasteiger partial charge in [0.2, 0.25) is 0 Å². The molecular weight excluding hydrogens is 487 g/mol. The zero-order chi connectivity index (χ0) is 17.7. The van der Waals surface area contributed by atoms with Crippen LogP contribution in [0.3, 0.4) is 0 Å². The second-order valence-electron chi connectivity index (χ2n) is 4.52. The maximum atomic E-state index is 12.0. The summed E-state index contributed by atoms with van der Waals surface area (Å²) in [7, 11) is 0. The molecular formula is C15H10Br2Cl2N2O3. The topological polar surface area (TPSA) is 70.9 Å². The molecule has 0 bridgehead atoms. The van der Waals surface area contributed by atoms with E-state index in [9.17, 15) is 4.79 Å². The van der Waals surface area contributed by atoms with Crippen LogP contribution < -0.4 is 10.1 Å². The van der Waals surface area contributed by atoms with E-state index in [0.29, 0.717) is 36.0 Å². The van der Waals surface area contributed by atoms with Crippen LogP contribution in [0.25, 0.3) is 0 Å². The van der Waals surface area contributed by atoms with Gasteiger partial charge in [-0.3, -0.25) is 4.79 Å². The maximum Gasteiger partial charge on any atom is 0.262 e. The molecule has 0 saturated carbocycles. The number of anilines is 1. The summed E-state index contributed by atoms with van der Waals surface area (Å²) in [5.41, 5.74) is 1.18. The summed E-state index contributed by atoms with van der Waals surface area (Å²) in [6.07, 6.45) is 1.27. The highest BCUT2D eigenvalue weighted by Crippen LogP contribution is 2.34.